The third-order valence-corrected chi connectivity index (χ3v) is 6.23. The van der Waals surface area contributed by atoms with Crippen molar-refractivity contribution in [1.29, 1.82) is 0 Å². The van der Waals surface area contributed by atoms with Crippen molar-refractivity contribution < 1.29 is 4.79 Å². The first-order chi connectivity index (χ1) is 11.3. The first-order valence-corrected chi connectivity index (χ1v) is 10.1. The number of carbonyl (C=O) groups is 1. The van der Waals surface area contributed by atoms with Crippen LogP contribution in [0.15, 0.2) is 72.3 Å². The van der Waals surface area contributed by atoms with Crippen LogP contribution in [0.4, 0.5) is 0 Å². The van der Waals surface area contributed by atoms with Gasteiger partial charge >= 0.3 is 144 Å². The zero-order valence-corrected chi connectivity index (χ0v) is 14.9. The van der Waals surface area contributed by atoms with Crippen molar-refractivity contribution in [2.24, 2.45) is 0 Å². The van der Waals surface area contributed by atoms with Crippen LogP contribution in [-0.4, -0.2) is 38.9 Å². The van der Waals surface area contributed by atoms with Gasteiger partial charge in [-0.15, -0.1) is 0 Å². The van der Waals surface area contributed by atoms with Crippen molar-refractivity contribution >= 4 is 25.3 Å². The molecule has 0 fully saturated rings. The van der Waals surface area contributed by atoms with Crippen LogP contribution in [0.3, 0.4) is 0 Å². The first kappa shape index (κ1) is 16.0. The topological polar surface area (TPSA) is 20.3 Å². The summed E-state index contributed by atoms with van der Waals surface area (Å²) in [6, 6.07) is 20.9. The van der Waals surface area contributed by atoms with E-state index in [2.05, 4.69) is 54.6 Å². The summed E-state index contributed by atoms with van der Waals surface area (Å²) < 4.78 is 1.36. The van der Waals surface area contributed by atoms with Crippen LogP contribution >= 0.6 is 0 Å². The Bertz CT molecular complexity index is 667. The van der Waals surface area contributed by atoms with Crippen molar-refractivity contribution in [3.63, 3.8) is 0 Å². The predicted octanol–water partition coefficient (Wildman–Crippen LogP) is 2.84. The SMILES string of the molecule is O=C1C(C[Se]c2ccccc2)=CCCN1CCc1ccccc1. The molecule has 0 aliphatic carbocycles. The average molecular weight is 370 g/mol. The predicted molar refractivity (Wildman–Crippen MR) is 96.1 cm³/mol. The van der Waals surface area contributed by atoms with Crippen molar-refractivity contribution in [2.45, 2.75) is 18.2 Å². The van der Waals surface area contributed by atoms with Gasteiger partial charge in [-0.3, -0.25) is 0 Å². The number of nitrogens with zero attached hydrogens (tertiary/aromatic N) is 1. The Morgan fingerprint density at radius 2 is 1.65 bits per heavy atom. The standard InChI is InChI=1S/C20H21NOSe/c22-20-18(16-23-19-11-5-2-6-12-19)10-7-14-21(20)15-13-17-8-3-1-4-9-17/h1-6,8-12H,7,13-16H2. The van der Waals surface area contributed by atoms with Gasteiger partial charge in [0.05, 0.1) is 0 Å². The summed E-state index contributed by atoms with van der Waals surface area (Å²) >= 11 is 0.338. The summed E-state index contributed by atoms with van der Waals surface area (Å²) in [5.74, 6) is 0.241. The molecule has 1 aliphatic heterocycles. The van der Waals surface area contributed by atoms with E-state index in [-0.39, 0.29) is 5.91 Å². The van der Waals surface area contributed by atoms with Gasteiger partial charge in [-0.1, -0.05) is 0 Å². The van der Waals surface area contributed by atoms with E-state index < -0.39 is 0 Å². The van der Waals surface area contributed by atoms with Crippen LogP contribution in [0, 0.1) is 0 Å². The van der Waals surface area contributed by atoms with E-state index in [0.29, 0.717) is 15.0 Å². The number of amides is 1. The molecule has 1 aliphatic rings. The normalized spacial score (nSPS) is 14.7. The molecule has 0 aromatic heterocycles. The third kappa shape index (κ3) is 4.57. The van der Waals surface area contributed by atoms with Gasteiger partial charge in [-0.25, -0.2) is 0 Å². The van der Waals surface area contributed by atoms with Crippen molar-refractivity contribution in [3.05, 3.63) is 77.9 Å². The Hall–Kier alpha value is -1.83. The van der Waals surface area contributed by atoms with Crippen LogP contribution in [0.1, 0.15) is 12.0 Å². The van der Waals surface area contributed by atoms with Crippen LogP contribution in [0.25, 0.3) is 0 Å². The molecule has 3 rings (SSSR count). The first-order valence-electron chi connectivity index (χ1n) is 8.03. The fraction of sp³-hybridized carbons (Fsp3) is 0.250. The van der Waals surface area contributed by atoms with E-state index in [1.807, 2.05) is 17.0 Å². The van der Waals surface area contributed by atoms with Gasteiger partial charge in [0.25, 0.3) is 0 Å². The summed E-state index contributed by atoms with van der Waals surface area (Å²) in [6.45, 7) is 1.67. The second-order valence-electron chi connectivity index (χ2n) is 5.65. The summed E-state index contributed by atoms with van der Waals surface area (Å²) in [5.41, 5.74) is 2.30. The van der Waals surface area contributed by atoms with Gasteiger partial charge in [0.15, 0.2) is 0 Å². The van der Waals surface area contributed by atoms with Crippen LogP contribution < -0.4 is 4.46 Å². The Kier molecular flexibility index (Phi) is 5.68. The maximum absolute atomic E-state index is 12.6. The fourth-order valence-corrected chi connectivity index (χ4v) is 4.62. The van der Waals surface area contributed by atoms with Gasteiger partial charge in [0.2, 0.25) is 0 Å². The monoisotopic (exact) mass is 371 g/mol. The zero-order valence-electron chi connectivity index (χ0n) is 13.2. The molecule has 2 aromatic carbocycles. The van der Waals surface area contributed by atoms with Gasteiger partial charge < -0.3 is 0 Å². The number of carbonyl (C=O) groups excluding carboxylic acids is 1. The summed E-state index contributed by atoms with van der Waals surface area (Å²) in [4.78, 5) is 14.7. The minimum atomic E-state index is 0.241. The molecular formula is C20H21NOSe. The van der Waals surface area contributed by atoms with Crippen molar-refractivity contribution in [1.82, 2.24) is 4.90 Å². The van der Waals surface area contributed by atoms with Gasteiger partial charge in [-0.2, -0.15) is 0 Å². The van der Waals surface area contributed by atoms with Crippen molar-refractivity contribution in [3.8, 4) is 0 Å². The molecular weight excluding hydrogens is 349 g/mol. The summed E-state index contributed by atoms with van der Waals surface area (Å²) in [6.07, 6.45) is 4.07. The molecule has 0 unspecified atom stereocenters. The van der Waals surface area contributed by atoms with E-state index in [0.717, 1.165) is 36.8 Å². The quantitative estimate of drug-likeness (QED) is 0.716. The van der Waals surface area contributed by atoms with Gasteiger partial charge in [0.1, 0.15) is 0 Å². The van der Waals surface area contributed by atoms with Gasteiger partial charge in [-0.05, 0) is 0 Å². The third-order valence-electron chi connectivity index (χ3n) is 4.00. The number of benzene rings is 2. The molecule has 0 bridgehead atoms. The molecule has 2 nitrogen and oxygen atoms in total. The Balaban J connectivity index is 1.54. The molecule has 2 aromatic rings. The van der Waals surface area contributed by atoms with E-state index in [1.54, 1.807) is 0 Å². The molecule has 3 heteroatoms. The van der Waals surface area contributed by atoms with E-state index >= 15 is 0 Å². The number of rotatable bonds is 6. The van der Waals surface area contributed by atoms with Gasteiger partial charge in [0, 0.05) is 0 Å². The zero-order chi connectivity index (χ0) is 15.9. The Morgan fingerprint density at radius 3 is 2.39 bits per heavy atom. The number of hydrogen-bond donors (Lipinski definition) is 0. The Labute approximate surface area is 144 Å². The minimum absolute atomic E-state index is 0.241. The summed E-state index contributed by atoms with van der Waals surface area (Å²) in [5, 5.41) is 0.900. The Morgan fingerprint density at radius 1 is 0.957 bits per heavy atom. The van der Waals surface area contributed by atoms with Crippen LogP contribution in [0.2, 0.25) is 5.32 Å². The summed E-state index contributed by atoms with van der Waals surface area (Å²) in [7, 11) is 0. The number of hydrogen-bond acceptors (Lipinski definition) is 1. The molecule has 0 N–H and O–H groups in total. The second kappa shape index (κ2) is 8.14. The average Bonchev–Trinajstić information content (AvgIpc) is 2.61. The van der Waals surface area contributed by atoms with Crippen LogP contribution in [-0.2, 0) is 11.2 Å². The fourth-order valence-electron chi connectivity index (χ4n) is 2.71. The molecule has 1 heterocycles. The molecule has 0 saturated heterocycles. The molecule has 23 heavy (non-hydrogen) atoms. The molecule has 118 valence electrons. The van der Waals surface area contributed by atoms with E-state index in [9.17, 15) is 4.79 Å². The molecule has 1 amide bonds. The van der Waals surface area contributed by atoms with Crippen LogP contribution in [0.5, 0.6) is 0 Å². The molecule has 0 radical (unpaired) electrons. The van der Waals surface area contributed by atoms with E-state index in [1.165, 1.54) is 10.0 Å². The van der Waals surface area contributed by atoms with E-state index in [4.69, 9.17) is 0 Å². The maximum atomic E-state index is 12.6. The molecule has 0 saturated carbocycles. The van der Waals surface area contributed by atoms with Crippen molar-refractivity contribution in [2.75, 3.05) is 13.1 Å². The molecule has 0 spiro atoms. The molecule has 0 atom stereocenters. The second-order valence-corrected chi connectivity index (χ2v) is 7.85.